The van der Waals surface area contributed by atoms with Gasteiger partial charge >= 0.3 is 0 Å². The van der Waals surface area contributed by atoms with Crippen LogP contribution in [0.15, 0.2) is 24.4 Å². The molecule has 0 radical (unpaired) electrons. The zero-order valence-corrected chi connectivity index (χ0v) is 12.1. The van der Waals surface area contributed by atoms with Crippen molar-refractivity contribution in [1.82, 2.24) is 10.3 Å². The monoisotopic (exact) mass is 295 g/mol. The van der Waals surface area contributed by atoms with E-state index in [1.165, 1.54) is 0 Å². The highest BCUT2D eigenvalue weighted by atomic mass is 32.2. The molecule has 2 rings (SSSR count). The van der Waals surface area contributed by atoms with Gasteiger partial charge in [0.05, 0.1) is 11.3 Å². The van der Waals surface area contributed by atoms with Crippen LogP contribution in [0.4, 0.5) is 5.69 Å². The van der Waals surface area contributed by atoms with Crippen molar-refractivity contribution in [3.05, 3.63) is 30.0 Å². The number of anilines is 1. The van der Waals surface area contributed by atoms with Gasteiger partial charge < -0.3 is 16.0 Å². The molecule has 20 heavy (non-hydrogen) atoms. The minimum absolute atomic E-state index is 0.0940. The lowest BCUT2D eigenvalue weighted by atomic mass is 10.1. The lowest BCUT2D eigenvalue weighted by Gasteiger charge is -2.12. The lowest BCUT2D eigenvalue weighted by Crippen LogP contribution is -2.37. The number of amides is 1. The van der Waals surface area contributed by atoms with E-state index in [4.69, 9.17) is 5.73 Å². The number of nitrogens with one attached hydrogen (secondary N) is 2. The van der Waals surface area contributed by atoms with Crippen molar-refractivity contribution < 1.29 is 13.2 Å². The van der Waals surface area contributed by atoms with Crippen molar-refractivity contribution in [2.75, 3.05) is 17.7 Å². The number of fused-ring (bicyclic) bond motifs is 1. The third kappa shape index (κ3) is 3.30. The Balaban J connectivity index is 2.21. The summed E-state index contributed by atoms with van der Waals surface area (Å²) in [5, 5.41) is 3.39. The number of aromatic amines is 1. The standard InChI is InChI=1S/C13H17N3O3S/c1-8(7-20(2,18)19)16-13(17)11-6-15-12-4-3-9(14)5-10(11)12/h3-6,8,15H,7,14H2,1-2H3,(H,16,17). The summed E-state index contributed by atoms with van der Waals surface area (Å²) < 4.78 is 22.4. The van der Waals surface area contributed by atoms with Crippen LogP contribution < -0.4 is 11.1 Å². The number of H-pyrrole nitrogens is 1. The van der Waals surface area contributed by atoms with E-state index in [9.17, 15) is 13.2 Å². The Kier molecular flexibility index (Phi) is 3.71. The van der Waals surface area contributed by atoms with Crippen LogP contribution in [0.2, 0.25) is 0 Å². The van der Waals surface area contributed by atoms with Crippen LogP contribution in [-0.4, -0.2) is 37.4 Å². The van der Waals surface area contributed by atoms with Crippen molar-refractivity contribution in [1.29, 1.82) is 0 Å². The fourth-order valence-corrected chi connectivity index (χ4v) is 3.12. The second-order valence-electron chi connectivity index (χ2n) is 4.97. The van der Waals surface area contributed by atoms with Crippen LogP contribution >= 0.6 is 0 Å². The average Bonchev–Trinajstić information content (AvgIpc) is 2.68. The summed E-state index contributed by atoms with van der Waals surface area (Å²) in [5.41, 5.74) is 7.53. The van der Waals surface area contributed by atoms with E-state index in [1.54, 1.807) is 31.3 Å². The molecule has 7 heteroatoms. The number of carbonyl (C=O) groups is 1. The third-order valence-corrected chi connectivity index (χ3v) is 3.99. The fraction of sp³-hybridized carbons (Fsp3) is 0.308. The zero-order chi connectivity index (χ0) is 14.9. The minimum atomic E-state index is -3.13. The van der Waals surface area contributed by atoms with Crippen molar-refractivity contribution in [2.45, 2.75) is 13.0 Å². The van der Waals surface area contributed by atoms with Crippen LogP contribution in [-0.2, 0) is 9.84 Å². The van der Waals surface area contributed by atoms with E-state index < -0.39 is 15.9 Å². The SMILES string of the molecule is CC(CS(C)(=O)=O)NC(=O)c1c[nH]c2ccc(N)cc12. The highest BCUT2D eigenvalue weighted by Crippen LogP contribution is 2.20. The van der Waals surface area contributed by atoms with Crippen LogP contribution in [0, 0.1) is 0 Å². The smallest absolute Gasteiger partial charge is 0.253 e. The van der Waals surface area contributed by atoms with Gasteiger partial charge in [-0.25, -0.2) is 8.42 Å². The molecule has 0 aliphatic heterocycles. The van der Waals surface area contributed by atoms with Crippen molar-refractivity contribution >= 4 is 32.3 Å². The Bertz CT molecular complexity index is 749. The summed E-state index contributed by atoms with van der Waals surface area (Å²) in [7, 11) is -3.13. The number of nitrogen functional groups attached to an aromatic ring is 1. The fourth-order valence-electron chi connectivity index (χ4n) is 2.12. The average molecular weight is 295 g/mol. The number of rotatable bonds is 4. The molecule has 6 nitrogen and oxygen atoms in total. The van der Waals surface area contributed by atoms with Gasteiger partial charge in [-0.05, 0) is 25.1 Å². The van der Waals surface area contributed by atoms with Gasteiger partial charge in [-0.2, -0.15) is 0 Å². The van der Waals surface area contributed by atoms with E-state index in [0.29, 0.717) is 16.6 Å². The van der Waals surface area contributed by atoms with E-state index in [-0.39, 0.29) is 11.7 Å². The second kappa shape index (κ2) is 5.16. The number of sulfone groups is 1. The Hall–Kier alpha value is -2.02. The number of aromatic nitrogens is 1. The molecule has 108 valence electrons. The molecule has 0 saturated carbocycles. The predicted octanol–water partition coefficient (Wildman–Crippen LogP) is 0.913. The Labute approximate surface area is 117 Å². The highest BCUT2D eigenvalue weighted by molar-refractivity contribution is 7.90. The van der Waals surface area contributed by atoms with Gasteiger partial charge in [-0.1, -0.05) is 0 Å². The van der Waals surface area contributed by atoms with E-state index >= 15 is 0 Å². The highest BCUT2D eigenvalue weighted by Gasteiger charge is 2.17. The van der Waals surface area contributed by atoms with Crippen molar-refractivity contribution in [2.24, 2.45) is 0 Å². The Morgan fingerprint density at radius 3 is 2.80 bits per heavy atom. The number of benzene rings is 1. The first-order valence-electron chi connectivity index (χ1n) is 6.11. The molecule has 1 unspecified atom stereocenters. The van der Waals surface area contributed by atoms with Crippen LogP contribution in [0.1, 0.15) is 17.3 Å². The van der Waals surface area contributed by atoms with Crippen molar-refractivity contribution in [3.8, 4) is 0 Å². The molecule has 4 N–H and O–H groups in total. The topological polar surface area (TPSA) is 105 Å². The molecular formula is C13H17N3O3S. The summed E-state index contributed by atoms with van der Waals surface area (Å²) in [6, 6.07) is 4.79. The molecule has 0 bridgehead atoms. The van der Waals surface area contributed by atoms with Crippen LogP contribution in [0.5, 0.6) is 0 Å². The molecule has 0 saturated heterocycles. The Morgan fingerprint density at radius 1 is 1.45 bits per heavy atom. The molecule has 0 aliphatic carbocycles. The maximum atomic E-state index is 12.2. The summed E-state index contributed by atoms with van der Waals surface area (Å²) in [6.07, 6.45) is 2.73. The van der Waals surface area contributed by atoms with E-state index in [2.05, 4.69) is 10.3 Å². The maximum Gasteiger partial charge on any atom is 0.253 e. The quantitative estimate of drug-likeness (QED) is 0.729. The van der Waals surface area contributed by atoms with Crippen LogP contribution in [0.25, 0.3) is 10.9 Å². The largest absolute Gasteiger partial charge is 0.399 e. The van der Waals surface area contributed by atoms with Crippen LogP contribution in [0.3, 0.4) is 0 Å². The number of carbonyl (C=O) groups excluding carboxylic acids is 1. The summed E-state index contributed by atoms with van der Waals surface area (Å²) >= 11 is 0. The first-order valence-corrected chi connectivity index (χ1v) is 8.17. The van der Waals surface area contributed by atoms with Gasteiger partial charge in [0, 0.05) is 35.1 Å². The molecule has 1 aromatic carbocycles. The number of hydrogen-bond acceptors (Lipinski definition) is 4. The minimum Gasteiger partial charge on any atom is -0.399 e. The molecule has 1 aromatic heterocycles. The summed E-state index contributed by atoms with van der Waals surface area (Å²) in [5.74, 6) is -0.415. The van der Waals surface area contributed by atoms with E-state index in [0.717, 1.165) is 11.8 Å². The van der Waals surface area contributed by atoms with Crippen molar-refractivity contribution in [3.63, 3.8) is 0 Å². The normalized spacial score (nSPS) is 13.3. The molecule has 1 heterocycles. The van der Waals surface area contributed by atoms with Gasteiger partial charge in [0.15, 0.2) is 0 Å². The van der Waals surface area contributed by atoms with Gasteiger partial charge in [0.2, 0.25) is 0 Å². The number of hydrogen-bond donors (Lipinski definition) is 3. The summed E-state index contributed by atoms with van der Waals surface area (Å²) in [4.78, 5) is 15.1. The van der Waals surface area contributed by atoms with Gasteiger partial charge in [0.1, 0.15) is 9.84 Å². The lowest BCUT2D eigenvalue weighted by molar-refractivity contribution is 0.0945. The zero-order valence-electron chi connectivity index (χ0n) is 11.3. The summed E-state index contributed by atoms with van der Waals surface area (Å²) in [6.45, 7) is 1.65. The van der Waals surface area contributed by atoms with Gasteiger partial charge in [0.25, 0.3) is 5.91 Å². The Morgan fingerprint density at radius 2 is 2.15 bits per heavy atom. The molecule has 2 aromatic rings. The molecule has 0 fully saturated rings. The molecule has 0 spiro atoms. The van der Waals surface area contributed by atoms with Gasteiger partial charge in [-0.15, -0.1) is 0 Å². The second-order valence-corrected chi connectivity index (χ2v) is 7.16. The molecule has 1 atom stereocenters. The maximum absolute atomic E-state index is 12.2. The predicted molar refractivity (Wildman–Crippen MR) is 79.4 cm³/mol. The number of nitrogens with two attached hydrogens (primary N) is 1. The molecule has 0 aliphatic rings. The molecular weight excluding hydrogens is 278 g/mol. The first kappa shape index (κ1) is 14.4. The third-order valence-electron chi connectivity index (χ3n) is 2.88. The first-order chi connectivity index (χ1) is 9.26. The van der Waals surface area contributed by atoms with E-state index in [1.807, 2.05) is 0 Å². The van der Waals surface area contributed by atoms with Gasteiger partial charge in [-0.3, -0.25) is 4.79 Å². The molecule has 1 amide bonds.